The van der Waals surface area contributed by atoms with Crippen LogP contribution in [0.1, 0.15) is 38.3 Å². The summed E-state index contributed by atoms with van der Waals surface area (Å²) in [7, 11) is 0. The van der Waals surface area contributed by atoms with Crippen LogP contribution < -0.4 is 4.74 Å². The lowest BCUT2D eigenvalue weighted by Crippen LogP contribution is -2.23. The van der Waals surface area contributed by atoms with Crippen LogP contribution in [-0.2, 0) is 6.61 Å². The zero-order valence-corrected chi connectivity index (χ0v) is 9.59. The lowest BCUT2D eigenvalue weighted by Gasteiger charge is -2.26. The molecule has 1 aromatic rings. The molecule has 0 radical (unpaired) electrons. The van der Waals surface area contributed by atoms with Crippen molar-refractivity contribution in [3.8, 4) is 5.88 Å². The van der Waals surface area contributed by atoms with Gasteiger partial charge in [0.2, 0.25) is 5.88 Å². The highest BCUT2D eigenvalue weighted by Crippen LogP contribution is 2.26. The maximum atomic E-state index is 8.94. The lowest BCUT2D eigenvalue weighted by atomic mass is 9.89. The number of aromatic nitrogens is 2. The molecule has 4 nitrogen and oxygen atoms in total. The van der Waals surface area contributed by atoms with Crippen molar-refractivity contribution in [3.05, 3.63) is 18.1 Å². The Kier molecular flexibility index (Phi) is 3.72. The van der Waals surface area contributed by atoms with Crippen LogP contribution in [0.5, 0.6) is 5.88 Å². The molecule has 88 valence electrons. The Morgan fingerprint density at radius 2 is 2.06 bits per heavy atom. The summed E-state index contributed by atoms with van der Waals surface area (Å²) in [5, 5.41) is 8.94. The number of rotatable bonds is 3. The van der Waals surface area contributed by atoms with Gasteiger partial charge in [0.15, 0.2) is 0 Å². The van der Waals surface area contributed by atoms with Crippen molar-refractivity contribution in [2.24, 2.45) is 5.92 Å². The van der Waals surface area contributed by atoms with E-state index < -0.39 is 0 Å². The third-order valence-electron chi connectivity index (χ3n) is 3.07. The molecule has 0 saturated heterocycles. The lowest BCUT2D eigenvalue weighted by molar-refractivity contribution is 0.128. The number of nitrogens with zero attached hydrogens (tertiary/aromatic N) is 2. The topological polar surface area (TPSA) is 55.2 Å². The summed E-state index contributed by atoms with van der Waals surface area (Å²) < 4.78 is 5.76. The van der Waals surface area contributed by atoms with Crippen molar-refractivity contribution in [1.82, 2.24) is 9.97 Å². The largest absolute Gasteiger partial charge is 0.473 e. The highest BCUT2D eigenvalue weighted by atomic mass is 16.5. The van der Waals surface area contributed by atoms with Crippen LogP contribution in [0, 0.1) is 5.92 Å². The van der Waals surface area contributed by atoms with E-state index in [-0.39, 0.29) is 12.7 Å². The molecule has 1 heterocycles. The molecule has 1 aliphatic rings. The zero-order valence-electron chi connectivity index (χ0n) is 9.59. The van der Waals surface area contributed by atoms with Gasteiger partial charge in [-0.3, -0.25) is 4.98 Å². The molecule has 0 aliphatic heterocycles. The Labute approximate surface area is 95.7 Å². The molecule has 0 bridgehead atoms. The van der Waals surface area contributed by atoms with Crippen molar-refractivity contribution in [1.29, 1.82) is 0 Å². The molecule has 16 heavy (non-hydrogen) atoms. The average molecular weight is 222 g/mol. The minimum Gasteiger partial charge on any atom is -0.473 e. The molecule has 0 unspecified atom stereocenters. The molecule has 1 N–H and O–H groups in total. The second-order valence-corrected chi connectivity index (χ2v) is 4.51. The first-order valence-electron chi connectivity index (χ1n) is 5.86. The molecule has 0 spiro atoms. The standard InChI is InChI=1S/C12H18N2O2/c1-9-2-4-11(5-3-9)16-12-7-13-6-10(8-15)14-12/h6-7,9,11,15H,2-5,8H2,1H3. The minimum atomic E-state index is -0.0914. The average Bonchev–Trinajstić information content (AvgIpc) is 2.32. The summed E-state index contributed by atoms with van der Waals surface area (Å²) >= 11 is 0. The van der Waals surface area contributed by atoms with Gasteiger partial charge in [0, 0.05) is 0 Å². The fourth-order valence-electron chi connectivity index (χ4n) is 2.04. The Morgan fingerprint density at radius 3 is 2.75 bits per heavy atom. The smallest absolute Gasteiger partial charge is 0.232 e. The fraction of sp³-hybridized carbons (Fsp3) is 0.667. The van der Waals surface area contributed by atoms with Gasteiger partial charge in [-0.25, -0.2) is 4.98 Å². The van der Waals surface area contributed by atoms with Gasteiger partial charge >= 0.3 is 0 Å². The van der Waals surface area contributed by atoms with Gasteiger partial charge in [-0.1, -0.05) is 6.92 Å². The SMILES string of the molecule is CC1CCC(Oc2cncc(CO)n2)CC1. The second kappa shape index (κ2) is 5.25. The van der Waals surface area contributed by atoms with E-state index in [1.54, 1.807) is 12.4 Å². The number of ether oxygens (including phenoxy) is 1. The van der Waals surface area contributed by atoms with Crippen molar-refractivity contribution < 1.29 is 9.84 Å². The molecule has 1 aliphatic carbocycles. The summed E-state index contributed by atoms with van der Waals surface area (Å²) in [6, 6.07) is 0. The summed E-state index contributed by atoms with van der Waals surface area (Å²) in [6.07, 6.45) is 8.04. The maximum absolute atomic E-state index is 8.94. The number of aliphatic hydroxyl groups excluding tert-OH is 1. The first kappa shape index (κ1) is 11.3. The maximum Gasteiger partial charge on any atom is 0.232 e. The molecule has 0 aromatic carbocycles. The minimum absolute atomic E-state index is 0.0914. The molecule has 4 heteroatoms. The van der Waals surface area contributed by atoms with Crippen LogP contribution in [0.3, 0.4) is 0 Å². The van der Waals surface area contributed by atoms with Crippen molar-refractivity contribution in [2.75, 3.05) is 0 Å². The van der Waals surface area contributed by atoms with Crippen molar-refractivity contribution in [2.45, 2.75) is 45.3 Å². The van der Waals surface area contributed by atoms with Crippen molar-refractivity contribution in [3.63, 3.8) is 0 Å². The van der Waals surface area contributed by atoms with Gasteiger partial charge in [0.05, 0.1) is 24.7 Å². The Balaban J connectivity index is 1.93. The van der Waals surface area contributed by atoms with Crippen LogP contribution in [-0.4, -0.2) is 21.2 Å². The normalized spacial score (nSPS) is 25.4. The molecule has 1 saturated carbocycles. The highest BCUT2D eigenvalue weighted by molar-refractivity contribution is 5.08. The predicted molar refractivity (Wildman–Crippen MR) is 60.0 cm³/mol. The van der Waals surface area contributed by atoms with Crippen molar-refractivity contribution >= 4 is 0 Å². The molecule has 1 fully saturated rings. The van der Waals surface area contributed by atoms with Crippen LogP contribution in [0.2, 0.25) is 0 Å². The number of hydrogen-bond donors (Lipinski definition) is 1. The van der Waals surface area contributed by atoms with Crippen LogP contribution >= 0.6 is 0 Å². The molecule has 0 amide bonds. The monoisotopic (exact) mass is 222 g/mol. The number of hydrogen-bond acceptors (Lipinski definition) is 4. The van der Waals surface area contributed by atoms with Crippen LogP contribution in [0.4, 0.5) is 0 Å². The number of aliphatic hydroxyl groups is 1. The molecule has 2 rings (SSSR count). The predicted octanol–water partition coefficient (Wildman–Crippen LogP) is 1.93. The first-order valence-corrected chi connectivity index (χ1v) is 5.86. The van der Waals surface area contributed by atoms with Gasteiger partial charge in [0.25, 0.3) is 0 Å². The quantitative estimate of drug-likeness (QED) is 0.849. The van der Waals surface area contributed by atoms with Gasteiger partial charge in [-0.15, -0.1) is 0 Å². The third kappa shape index (κ3) is 2.92. The summed E-state index contributed by atoms with van der Waals surface area (Å²) in [4.78, 5) is 8.16. The Morgan fingerprint density at radius 1 is 1.31 bits per heavy atom. The van der Waals surface area contributed by atoms with E-state index in [4.69, 9.17) is 9.84 Å². The summed E-state index contributed by atoms with van der Waals surface area (Å²) in [5.74, 6) is 1.35. The van der Waals surface area contributed by atoms with Crippen LogP contribution in [0.15, 0.2) is 12.4 Å². The van der Waals surface area contributed by atoms with Gasteiger partial charge in [0.1, 0.15) is 6.10 Å². The Bertz CT molecular complexity index is 336. The van der Waals surface area contributed by atoms with Gasteiger partial charge in [-0.05, 0) is 31.6 Å². The second-order valence-electron chi connectivity index (χ2n) is 4.51. The third-order valence-corrected chi connectivity index (χ3v) is 3.07. The molecular formula is C12H18N2O2. The van der Waals surface area contributed by atoms with E-state index in [2.05, 4.69) is 16.9 Å². The van der Waals surface area contributed by atoms with E-state index in [1.165, 1.54) is 12.8 Å². The summed E-state index contributed by atoms with van der Waals surface area (Å²) in [5.41, 5.74) is 0.557. The molecule has 1 aromatic heterocycles. The van der Waals surface area contributed by atoms with Gasteiger partial charge < -0.3 is 9.84 Å². The van der Waals surface area contributed by atoms with Gasteiger partial charge in [-0.2, -0.15) is 0 Å². The summed E-state index contributed by atoms with van der Waals surface area (Å²) in [6.45, 7) is 2.19. The highest BCUT2D eigenvalue weighted by Gasteiger charge is 2.19. The first-order chi connectivity index (χ1) is 7.78. The van der Waals surface area contributed by atoms with E-state index in [0.717, 1.165) is 18.8 Å². The van der Waals surface area contributed by atoms with E-state index in [1.807, 2.05) is 0 Å². The fourth-order valence-corrected chi connectivity index (χ4v) is 2.04. The van der Waals surface area contributed by atoms with Crippen LogP contribution in [0.25, 0.3) is 0 Å². The molecule has 0 atom stereocenters. The van der Waals surface area contributed by atoms with E-state index >= 15 is 0 Å². The Hall–Kier alpha value is -1.16. The van der Waals surface area contributed by atoms with E-state index in [9.17, 15) is 0 Å². The molecular weight excluding hydrogens is 204 g/mol. The van der Waals surface area contributed by atoms with E-state index in [0.29, 0.717) is 11.6 Å². The zero-order chi connectivity index (χ0) is 11.4.